The molecule has 5 rings (SSSR count). The highest BCUT2D eigenvalue weighted by Crippen LogP contribution is 2.32. The van der Waals surface area contributed by atoms with Crippen LogP contribution in [0.1, 0.15) is 28.8 Å². The maximum atomic E-state index is 14.3. The van der Waals surface area contributed by atoms with Gasteiger partial charge in [0, 0.05) is 37.5 Å². The normalized spacial score (nSPS) is 17.6. The third-order valence-corrected chi connectivity index (χ3v) is 6.27. The number of dihydropyridines is 1. The highest BCUT2D eigenvalue weighted by atomic mass is 19.1. The first-order chi connectivity index (χ1) is 15.7. The van der Waals surface area contributed by atoms with E-state index in [9.17, 15) is 4.39 Å². The average molecular weight is 427 g/mol. The number of nitrogens with zero attached hydrogens (tertiary/aromatic N) is 2. The first-order valence-corrected chi connectivity index (χ1v) is 11.2. The SMILES string of the molecule is Cc1ccc(-c2ccc(NC[C@@H]3Cc4ccccc4CN3)nc2C2=CC=NCC2)cc1F. The maximum Gasteiger partial charge on any atom is 0.126 e. The third kappa shape index (κ3) is 4.34. The number of anilines is 1. The zero-order valence-corrected chi connectivity index (χ0v) is 18.2. The first kappa shape index (κ1) is 20.6. The van der Waals surface area contributed by atoms with Crippen LogP contribution in [-0.4, -0.2) is 30.3 Å². The summed E-state index contributed by atoms with van der Waals surface area (Å²) in [6, 6.07) is 18.4. The van der Waals surface area contributed by atoms with Gasteiger partial charge in [-0.05, 0) is 71.9 Å². The summed E-state index contributed by atoms with van der Waals surface area (Å²) in [5.41, 5.74) is 7.25. The Hall–Kier alpha value is -3.31. The number of aryl methyl sites for hydroxylation is 1. The lowest BCUT2D eigenvalue weighted by Gasteiger charge is -2.26. The Morgan fingerprint density at radius 3 is 2.78 bits per heavy atom. The van der Waals surface area contributed by atoms with Crippen LogP contribution in [0, 0.1) is 12.7 Å². The minimum absolute atomic E-state index is 0.196. The Balaban J connectivity index is 1.40. The molecule has 3 heterocycles. The van der Waals surface area contributed by atoms with Gasteiger partial charge in [0.05, 0.1) is 5.69 Å². The topological polar surface area (TPSA) is 49.3 Å². The number of hydrogen-bond acceptors (Lipinski definition) is 4. The van der Waals surface area contributed by atoms with Crippen molar-refractivity contribution in [1.82, 2.24) is 10.3 Å². The van der Waals surface area contributed by atoms with E-state index in [0.717, 1.165) is 60.7 Å². The molecule has 2 aromatic carbocycles. The van der Waals surface area contributed by atoms with Crippen molar-refractivity contribution in [3.63, 3.8) is 0 Å². The van der Waals surface area contributed by atoms with Crippen molar-refractivity contribution in [3.05, 3.63) is 88.9 Å². The smallest absolute Gasteiger partial charge is 0.126 e. The standard InChI is InChI=1S/C27H27FN4/c1-18-6-7-21(15-25(18)28)24-8-9-26(32-27(24)19-10-12-29-13-11-19)31-17-23-14-20-4-2-3-5-22(20)16-30-23/h2-10,12,15,23,30H,11,13-14,16-17H2,1H3,(H,31,32)/t23-/m0/s1. The van der Waals surface area contributed by atoms with E-state index in [1.807, 2.05) is 36.6 Å². The van der Waals surface area contributed by atoms with Crippen molar-refractivity contribution in [2.75, 3.05) is 18.4 Å². The van der Waals surface area contributed by atoms with E-state index >= 15 is 0 Å². The molecule has 2 aliphatic heterocycles. The number of hydrogen-bond donors (Lipinski definition) is 2. The van der Waals surface area contributed by atoms with E-state index in [1.54, 1.807) is 13.0 Å². The Morgan fingerprint density at radius 1 is 1.09 bits per heavy atom. The lowest BCUT2D eigenvalue weighted by atomic mass is 9.95. The molecule has 0 radical (unpaired) electrons. The summed E-state index contributed by atoms with van der Waals surface area (Å²) in [4.78, 5) is 9.27. The molecule has 0 saturated carbocycles. The number of rotatable bonds is 5. The largest absolute Gasteiger partial charge is 0.368 e. The predicted molar refractivity (Wildman–Crippen MR) is 130 cm³/mol. The van der Waals surface area contributed by atoms with Crippen molar-refractivity contribution in [1.29, 1.82) is 0 Å². The minimum atomic E-state index is -0.196. The molecule has 4 nitrogen and oxygen atoms in total. The van der Waals surface area contributed by atoms with Gasteiger partial charge >= 0.3 is 0 Å². The highest BCUT2D eigenvalue weighted by Gasteiger charge is 2.18. The molecule has 162 valence electrons. The van der Waals surface area contributed by atoms with Gasteiger partial charge in [-0.3, -0.25) is 4.99 Å². The molecular formula is C27H27FN4. The molecule has 5 heteroatoms. The molecule has 32 heavy (non-hydrogen) atoms. The van der Waals surface area contributed by atoms with Crippen LogP contribution in [0.2, 0.25) is 0 Å². The molecule has 2 N–H and O–H groups in total. The zero-order chi connectivity index (χ0) is 21.9. The summed E-state index contributed by atoms with van der Waals surface area (Å²) in [7, 11) is 0. The van der Waals surface area contributed by atoms with Crippen LogP contribution in [-0.2, 0) is 13.0 Å². The fraction of sp³-hybridized carbons (Fsp3) is 0.259. The van der Waals surface area contributed by atoms with Gasteiger partial charge in [-0.1, -0.05) is 36.4 Å². The summed E-state index contributed by atoms with van der Waals surface area (Å²) in [6.45, 7) is 4.21. The van der Waals surface area contributed by atoms with Gasteiger partial charge in [0.2, 0.25) is 0 Å². The lowest BCUT2D eigenvalue weighted by Crippen LogP contribution is -2.40. The molecule has 3 aromatic rings. The van der Waals surface area contributed by atoms with Crippen LogP contribution in [0.3, 0.4) is 0 Å². The van der Waals surface area contributed by atoms with Gasteiger partial charge < -0.3 is 10.6 Å². The van der Waals surface area contributed by atoms with Gasteiger partial charge in [-0.2, -0.15) is 0 Å². The fourth-order valence-corrected chi connectivity index (χ4v) is 4.37. The van der Waals surface area contributed by atoms with Crippen LogP contribution in [0.15, 0.2) is 65.7 Å². The zero-order valence-electron chi connectivity index (χ0n) is 18.2. The molecular weight excluding hydrogens is 399 g/mol. The van der Waals surface area contributed by atoms with Crippen LogP contribution >= 0.6 is 0 Å². The predicted octanol–water partition coefficient (Wildman–Crippen LogP) is 5.18. The van der Waals surface area contributed by atoms with Gasteiger partial charge in [0.15, 0.2) is 0 Å². The molecule has 0 saturated heterocycles. The number of aliphatic imine (C=N–C) groups is 1. The highest BCUT2D eigenvalue weighted by molar-refractivity contribution is 5.90. The fourth-order valence-electron chi connectivity index (χ4n) is 4.37. The van der Waals surface area contributed by atoms with Crippen molar-refractivity contribution in [2.45, 2.75) is 32.4 Å². The van der Waals surface area contributed by atoms with Gasteiger partial charge in [-0.15, -0.1) is 0 Å². The van der Waals surface area contributed by atoms with Gasteiger partial charge in [0.1, 0.15) is 11.6 Å². The van der Waals surface area contributed by atoms with Crippen LogP contribution in [0.25, 0.3) is 16.7 Å². The summed E-state index contributed by atoms with van der Waals surface area (Å²) >= 11 is 0. The number of benzene rings is 2. The second-order valence-electron chi connectivity index (χ2n) is 8.49. The summed E-state index contributed by atoms with van der Waals surface area (Å²) in [5.74, 6) is 0.638. The number of aromatic nitrogens is 1. The van der Waals surface area contributed by atoms with Crippen LogP contribution in [0.5, 0.6) is 0 Å². The number of nitrogens with one attached hydrogen (secondary N) is 2. The van der Waals surface area contributed by atoms with E-state index in [1.165, 1.54) is 11.1 Å². The van der Waals surface area contributed by atoms with Crippen molar-refractivity contribution in [3.8, 4) is 11.1 Å². The minimum Gasteiger partial charge on any atom is -0.368 e. The summed E-state index contributed by atoms with van der Waals surface area (Å²) < 4.78 is 14.3. The summed E-state index contributed by atoms with van der Waals surface area (Å²) in [5, 5.41) is 7.13. The molecule has 2 aliphatic rings. The van der Waals surface area contributed by atoms with Crippen molar-refractivity contribution >= 4 is 17.6 Å². The number of allylic oxidation sites excluding steroid dienone is 1. The van der Waals surface area contributed by atoms with Crippen molar-refractivity contribution < 1.29 is 4.39 Å². The Bertz CT molecular complexity index is 1200. The molecule has 1 atom stereocenters. The van der Waals surface area contributed by atoms with Crippen molar-refractivity contribution in [2.24, 2.45) is 4.99 Å². The number of pyridine rings is 1. The molecule has 0 amide bonds. The van der Waals surface area contributed by atoms with E-state index < -0.39 is 0 Å². The monoisotopic (exact) mass is 426 g/mol. The maximum absolute atomic E-state index is 14.3. The van der Waals surface area contributed by atoms with Gasteiger partial charge in [-0.25, -0.2) is 9.37 Å². The molecule has 0 bridgehead atoms. The van der Waals surface area contributed by atoms with Gasteiger partial charge in [0.25, 0.3) is 0 Å². The second kappa shape index (κ2) is 9.05. The molecule has 0 fully saturated rings. The lowest BCUT2D eigenvalue weighted by molar-refractivity contribution is 0.497. The van der Waals surface area contributed by atoms with Crippen LogP contribution in [0.4, 0.5) is 10.2 Å². The molecule has 0 spiro atoms. The first-order valence-electron chi connectivity index (χ1n) is 11.2. The van der Waals surface area contributed by atoms with E-state index in [2.05, 4.69) is 39.9 Å². The van der Waals surface area contributed by atoms with E-state index in [0.29, 0.717) is 11.6 Å². The van der Waals surface area contributed by atoms with Crippen LogP contribution < -0.4 is 10.6 Å². The Morgan fingerprint density at radius 2 is 1.97 bits per heavy atom. The number of halogens is 1. The quantitative estimate of drug-likeness (QED) is 0.591. The molecule has 1 aromatic heterocycles. The Kier molecular flexibility index (Phi) is 5.82. The second-order valence-corrected chi connectivity index (χ2v) is 8.49. The Labute approximate surface area is 188 Å². The molecule has 0 aliphatic carbocycles. The number of fused-ring (bicyclic) bond motifs is 1. The average Bonchev–Trinajstić information content (AvgIpc) is 2.85. The molecule has 0 unspecified atom stereocenters. The van der Waals surface area contributed by atoms with E-state index in [4.69, 9.17) is 4.98 Å². The third-order valence-electron chi connectivity index (χ3n) is 6.27. The van der Waals surface area contributed by atoms with E-state index in [-0.39, 0.29) is 5.82 Å². The summed E-state index contributed by atoms with van der Waals surface area (Å²) in [6.07, 6.45) is 5.68.